The summed E-state index contributed by atoms with van der Waals surface area (Å²) in [6.07, 6.45) is 1.69. The van der Waals surface area contributed by atoms with E-state index in [2.05, 4.69) is 5.32 Å². The largest absolute Gasteiger partial charge is 0.497 e. The molecule has 0 aliphatic carbocycles. The lowest BCUT2D eigenvalue weighted by Crippen LogP contribution is -2.46. The number of hydrogen-bond donors (Lipinski definition) is 2. The quantitative estimate of drug-likeness (QED) is 0.859. The minimum absolute atomic E-state index is 0.0267. The van der Waals surface area contributed by atoms with Crippen LogP contribution >= 0.6 is 0 Å². The molecule has 1 atom stereocenters. The molecule has 1 heterocycles. The first-order valence-electron chi connectivity index (χ1n) is 6.69. The van der Waals surface area contributed by atoms with Gasteiger partial charge in [0.05, 0.1) is 7.11 Å². The van der Waals surface area contributed by atoms with Gasteiger partial charge in [-0.15, -0.1) is 0 Å². The second-order valence-corrected chi connectivity index (χ2v) is 5.18. The van der Waals surface area contributed by atoms with Crippen molar-refractivity contribution in [2.75, 3.05) is 13.7 Å². The van der Waals surface area contributed by atoms with Crippen molar-refractivity contribution < 1.29 is 19.4 Å². The van der Waals surface area contributed by atoms with Gasteiger partial charge in [0.2, 0.25) is 5.91 Å². The molecule has 1 aliphatic heterocycles. The predicted octanol–water partition coefficient (Wildman–Crippen LogP) is 1.71. The third-order valence-electron chi connectivity index (χ3n) is 3.95. The fourth-order valence-electron chi connectivity index (χ4n) is 2.70. The number of ether oxygens (including phenoxy) is 1. The van der Waals surface area contributed by atoms with Gasteiger partial charge in [0.1, 0.15) is 5.75 Å². The first kappa shape index (κ1) is 14.4. The molecule has 20 heavy (non-hydrogen) atoms. The normalized spacial score (nSPS) is 22.1. The van der Waals surface area contributed by atoms with Gasteiger partial charge in [-0.2, -0.15) is 0 Å². The van der Waals surface area contributed by atoms with Gasteiger partial charge in [-0.1, -0.05) is 12.1 Å². The third-order valence-corrected chi connectivity index (χ3v) is 3.95. The predicted molar refractivity (Wildman–Crippen MR) is 73.8 cm³/mol. The van der Waals surface area contributed by atoms with Crippen LogP contribution < -0.4 is 10.1 Å². The average molecular weight is 277 g/mol. The lowest BCUT2D eigenvalue weighted by Gasteiger charge is -2.37. The van der Waals surface area contributed by atoms with E-state index in [1.165, 1.54) is 0 Å². The van der Waals surface area contributed by atoms with Crippen molar-refractivity contribution in [3.63, 3.8) is 0 Å². The highest BCUT2D eigenvalue weighted by Crippen LogP contribution is 2.37. The number of aliphatic carboxylic acids is 1. The first-order valence-corrected chi connectivity index (χ1v) is 6.69. The van der Waals surface area contributed by atoms with Crippen molar-refractivity contribution in [1.29, 1.82) is 0 Å². The standard InChI is InChI=1S/C15H19NO4/c1-20-12-4-2-3-11(9-12)15(8-6-14(18)19)7-5-13(17)16-10-15/h2-4,9H,5-8,10H2,1H3,(H,16,17)(H,18,19). The summed E-state index contributed by atoms with van der Waals surface area (Å²) in [6.45, 7) is 0.478. The smallest absolute Gasteiger partial charge is 0.303 e. The highest BCUT2D eigenvalue weighted by atomic mass is 16.5. The number of rotatable bonds is 5. The Labute approximate surface area is 117 Å². The first-order chi connectivity index (χ1) is 9.55. The summed E-state index contributed by atoms with van der Waals surface area (Å²) < 4.78 is 5.23. The van der Waals surface area contributed by atoms with Crippen molar-refractivity contribution in [2.45, 2.75) is 31.1 Å². The van der Waals surface area contributed by atoms with Crippen LogP contribution in [-0.2, 0) is 15.0 Å². The van der Waals surface area contributed by atoms with Crippen LogP contribution in [0.5, 0.6) is 5.75 Å². The minimum Gasteiger partial charge on any atom is -0.497 e. The number of carboxylic acids is 1. The summed E-state index contributed by atoms with van der Waals surface area (Å²) in [4.78, 5) is 22.3. The summed E-state index contributed by atoms with van der Waals surface area (Å²) >= 11 is 0. The van der Waals surface area contributed by atoms with Gasteiger partial charge in [0.25, 0.3) is 0 Å². The molecule has 0 spiro atoms. The number of benzene rings is 1. The number of carbonyl (C=O) groups is 2. The Morgan fingerprint density at radius 3 is 2.90 bits per heavy atom. The van der Waals surface area contributed by atoms with Crippen molar-refractivity contribution in [1.82, 2.24) is 5.32 Å². The van der Waals surface area contributed by atoms with Crippen molar-refractivity contribution >= 4 is 11.9 Å². The lowest BCUT2D eigenvalue weighted by atomic mass is 9.71. The zero-order valence-electron chi connectivity index (χ0n) is 11.5. The Hall–Kier alpha value is -2.04. The Balaban J connectivity index is 2.29. The highest BCUT2D eigenvalue weighted by molar-refractivity contribution is 5.77. The van der Waals surface area contributed by atoms with E-state index < -0.39 is 5.97 Å². The van der Waals surface area contributed by atoms with Crippen molar-refractivity contribution in [2.24, 2.45) is 0 Å². The molecule has 1 aromatic rings. The molecule has 1 fully saturated rings. The number of methoxy groups -OCH3 is 1. The van der Waals surface area contributed by atoms with E-state index in [0.29, 0.717) is 25.8 Å². The molecule has 2 N–H and O–H groups in total. The van der Waals surface area contributed by atoms with Gasteiger partial charge in [0, 0.05) is 24.8 Å². The third kappa shape index (κ3) is 3.10. The molecule has 0 saturated carbocycles. The fraction of sp³-hybridized carbons (Fsp3) is 0.467. The van der Waals surface area contributed by atoms with Crippen LogP contribution in [0.1, 0.15) is 31.2 Å². The van der Waals surface area contributed by atoms with E-state index in [-0.39, 0.29) is 17.7 Å². The number of amides is 1. The summed E-state index contributed by atoms with van der Waals surface area (Å²) in [6, 6.07) is 7.66. The topological polar surface area (TPSA) is 75.6 Å². The van der Waals surface area contributed by atoms with Crippen molar-refractivity contribution in [3.05, 3.63) is 29.8 Å². The van der Waals surface area contributed by atoms with Crippen LogP contribution in [0.25, 0.3) is 0 Å². The Bertz CT molecular complexity index is 502. The summed E-state index contributed by atoms with van der Waals surface area (Å²) in [5, 5.41) is 11.8. The van der Waals surface area contributed by atoms with E-state index in [4.69, 9.17) is 9.84 Å². The molecule has 0 aromatic heterocycles. The molecule has 5 nitrogen and oxygen atoms in total. The van der Waals surface area contributed by atoms with Crippen LogP contribution in [0.3, 0.4) is 0 Å². The Kier molecular flexibility index (Phi) is 4.27. The Morgan fingerprint density at radius 2 is 2.30 bits per heavy atom. The zero-order valence-corrected chi connectivity index (χ0v) is 11.5. The highest BCUT2D eigenvalue weighted by Gasteiger charge is 2.36. The molecule has 2 rings (SSSR count). The van der Waals surface area contributed by atoms with Crippen LogP contribution in [0, 0.1) is 0 Å². The average Bonchev–Trinajstić information content (AvgIpc) is 2.47. The summed E-state index contributed by atoms with van der Waals surface area (Å²) in [5.74, 6) is -0.0443. The maximum Gasteiger partial charge on any atom is 0.303 e. The van der Waals surface area contributed by atoms with Crippen LogP contribution in [0.15, 0.2) is 24.3 Å². The van der Waals surface area contributed by atoms with E-state index in [0.717, 1.165) is 11.3 Å². The summed E-state index contributed by atoms with van der Waals surface area (Å²) in [7, 11) is 1.60. The second-order valence-electron chi connectivity index (χ2n) is 5.18. The van der Waals surface area contributed by atoms with Crippen LogP contribution in [0.2, 0.25) is 0 Å². The number of carboxylic acid groups (broad SMARTS) is 1. The van der Waals surface area contributed by atoms with Gasteiger partial charge < -0.3 is 15.2 Å². The lowest BCUT2D eigenvalue weighted by molar-refractivity contribution is -0.137. The van der Waals surface area contributed by atoms with E-state index in [1.54, 1.807) is 7.11 Å². The SMILES string of the molecule is COc1cccc(C2(CCC(=O)O)CCC(=O)NC2)c1. The minimum atomic E-state index is -0.816. The zero-order chi connectivity index (χ0) is 14.6. The number of nitrogens with one attached hydrogen (secondary N) is 1. The van der Waals surface area contributed by atoms with Crippen LogP contribution in [-0.4, -0.2) is 30.6 Å². The number of carbonyl (C=O) groups excluding carboxylic acids is 1. The Morgan fingerprint density at radius 1 is 1.50 bits per heavy atom. The van der Waals surface area contributed by atoms with E-state index in [1.807, 2.05) is 24.3 Å². The maximum absolute atomic E-state index is 11.4. The van der Waals surface area contributed by atoms with Gasteiger partial charge in [-0.25, -0.2) is 0 Å². The van der Waals surface area contributed by atoms with E-state index >= 15 is 0 Å². The molecule has 1 saturated heterocycles. The van der Waals surface area contributed by atoms with Gasteiger partial charge in [-0.3, -0.25) is 9.59 Å². The van der Waals surface area contributed by atoms with Gasteiger partial charge >= 0.3 is 5.97 Å². The van der Waals surface area contributed by atoms with Gasteiger partial charge in [-0.05, 0) is 30.5 Å². The van der Waals surface area contributed by atoms with E-state index in [9.17, 15) is 9.59 Å². The summed E-state index contributed by atoms with van der Waals surface area (Å²) in [5.41, 5.74) is 0.707. The second kappa shape index (κ2) is 5.94. The molecule has 1 aromatic carbocycles. The van der Waals surface area contributed by atoms with Gasteiger partial charge in [0.15, 0.2) is 0 Å². The fourth-order valence-corrected chi connectivity index (χ4v) is 2.70. The molecule has 0 radical (unpaired) electrons. The molecule has 0 bridgehead atoms. The van der Waals surface area contributed by atoms with Crippen molar-refractivity contribution in [3.8, 4) is 5.75 Å². The molecule has 108 valence electrons. The maximum atomic E-state index is 11.4. The monoisotopic (exact) mass is 277 g/mol. The molecular weight excluding hydrogens is 258 g/mol. The molecule has 1 aliphatic rings. The molecule has 1 unspecified atom stereocenters. The van der Waals surface area contributed by atoms with Crippen LogP contribution in [0.4, 0.5) is 0 Å². The molecular formula is C15H19NO4. The number of piperidine rings is 1. The number of hydrogen-bond acceptors (Lipinski definition) is 3. The molecule has 5 heteroatoms. The molecule has 1 amide bonds.